The van der Waals surface area contributed by atoms with Crippen LogP contribution in [-0.2, 0) is 35.7 Å². The van der Waals surface area contributed by atoms with Gasteiger partial charge in [0, 0.05) is 0 Å². The molecule has 0 fully saturated rings. The first-order valence-corrected chi connectivity index (χ1v) is 6.91. The zero-order valence-corrected chi connectivity index (χ0v) is 12.9. The summed E-state index contributed by atoms with van der Waals surface area (Å²) in [4.78, 5) is 23.8. The monoisotopic (exact) mass is 374 g/mol. The minimum absolute atomic E-state index is 0.263. The van der Waals surface area contributed by atoms with E-state index in [1.54, 1.807) is 0 Å². The van der Waals surface area contributed by atoms with Gasteiger partial charge in [-0.25, -0.2) is 0 Å². The summed E-state index contributed by atoms with van der Waals surface area (Å²) >= 11 is 0.579. The fourth-order valence-corrected chi connectivity index (χ4v) is 2.22. The van der Waals surface area contributed by atoms with Crippen molar-refractivity contribution in [2.24, 2.45) is 0 Å². The molecule has 0 radical (unpaired) electrons. The number of benzene rings is 1. The molecule has 14 heavy (non-hydrogen) atoms. The predicted octanol–water partition coefficient (Wildman–Crippen LogP) is 0.288. The summed E-state index contributed by atoms with van der Waals surface area (Å²) in [6.45, 7) is 0. The molecule has 2 amide bonds. The van der Waals surface area contributed by atoms with Crippen molar-refractivity contribution in [2.75, 3.05) is 4.90 Å². The fraction of sp³-hybridized carbons (Fsp3) is 0. The van der Waals surface area contributed by atoms with E-state index in [9.17, 15) is 9.59 Å². The third-order valence-electron chi connectivity index (χ3n) is 2.00. The maximum atomic E-state index is 11.3. The van der Waals surface area contributed by atoms with Gasteiger partial charge in [0.25, 0.3) is 0 Å². The molecule has 0 N–H and O–H groups in total. The molecule has 1 aromatic carbocycles. The number of carbonyl (C=O) groups is 2. The standard InChI is InChI=1S/C10H6NO2.Hg/c12-9-6-7-10(13)11(9)8-4-2-1-3-5-8;/h2-7H;/q;+1. The molecule has 3 nitrogen and oxygen atoms in total. The summed E-state index contributed by atoms with van der Waals surface area (Å²) in [6, 6.07) is 7.53. The Morgan fingerprint density at radius 2 is 1.43 bits per heavy atom. The van der Waals surface area contributed by atoms with Gasteiger partial charge in [-0.3, -0.25) is 0 Å². The second kappa shape index (κ2) is 3.65. The van der Waals surface area contributed by atoms with Crippen molar-refractivity contribution in [3.05, 3.63) is 36.4 Å². The number of hydrogen-bond acceptors (Lipinski definition) is 2. The van der Waals surface area contributed by atoms with Gasteiger partial charge >= 0.3 is 97.6 Å². The van der Waals surface area contributed by atoms with E-state index in [2.05, 4.69) is 0 Å². The van der Waals surface area contributed by atoms with Crippen molar-refractivity contribution in [1.29, 1.82) is 0 Å². The molecule has 1 aromatic rings. The van der Waals surface area contributed by atoms with Crippen LogP contribution < -0.4 is 7.97 Å². The normalized spacial score (nSPS) is 15.4. The molecule has 0 aliphatic carbocycles. The van der Waals surface area contributed by atoms with E-state index in [0.29, 0.717) is 31.8 Å². The molecule has 4 heteroatoms. The van der Waals surface area contributed by atoms with Crippen LogP contribution in [0.5, 0.6) is 0 Å². The van der Waals surface area contributed by atoms with Crippen LogP contribution in [0.15, 0.2) is 36.4 Å². The first-order valence-electron chi connectivity index (χ1n) is 4.16. The van der Waals surface area contributed by atoms with Gasteiger partial charge in [0.1, 0.15) is 0 Å². The van der Waals surface area contributed by atoms with Gasteiger partial charge in [0.2, 0.25) is 0 Å². The maximum absolute atomic E-state index is 11.3. The number of imide groups is 1. The SMILES string of the molecule is O=C1C=CC(=O)N1c1cc[c]([Hg+])cc1. The van der Waals surface area contributed by atoms with Crippen molar-refractivity contribution in [2.45, 2.75) is 0 Å². The molecular formula is C10H6HgNO2+. The van der Waals surface area contributed by atoms with E-state index < -0.39 is 0 Å². The zero-order valence-electron chi connectivity index (χ0n) is 7.43. The van der Waals surface area contributed by atoms with Crippen molar-refractivity contribution in [3.63, 3.8) is 0 Å². The first-order chi connectivity index (χ1) is 6.68. The van der Waals surface area contributed by atoms with E-state index in [1.807, 2.05) is 24.3 Å². The Kier molecular flexibility index (Phi) is 2.50. The van der Waals surface area contributed by atoms with E-state index >= 15 is 0 Å². The van der Waals surface area contributed by atoms with Crippen LogP contribution >= 0.6 is 0 Å². The van der Waals surface area contributed by atoms with Gasteiger partial charge < -0.3 is 0 Å². The molecule has 1 heterocycles. The van der Waals surface area contributed by atoms with E-state index in [1.165, 1.54) is 20.1 Å². The van der Waals surface area contributed by atoms with E-state index in [4.69, 9.17) is 0 Å². The van der Waals surface area contributed by atoms with Crippen molar-refractivity contribution >= 4 is 20.6 Å². The summed E-state index contributed by atoms with van der Waals surface area (Å²) in [5, 5.41) is 0. The van der Waals surface area contributed by atoms with Crippen LogP contribution in [0.1, 0.15) is 0 Å². The van der Waals surface area contributed by atoms with Gasteiger partial charge in [0.05, 0.1) is 0 Å². The fourth-order valence-electron chi connectivity index (χ4n) is 1.30. The van der Waals surface area contributed by atoms with Gasteiger partial charge in [-0.1, -0.05) is 0 Å². The Morgan fingerprint density at radius 3 is 1.93 bits per heavy atom. The molecule has 0 saturated carbocycles. The van der Waals surface area contributed by atoms with Crippen molar-refractivity contribution in [3.8, 4) is 0 Å². The summed E-state index contributed by atoms with van der Waals surface area (Å²) < 4.78 is 1.29. The Bertz CT molecular complexity index is 404. The number of anilines is 1. The molecule has 0 spiro atoms. The molecular weight excluding hydrogens is 367 g/mol. The van der Waals surface area contributed by atoms with Crippen LogP contribution in [0.3, 0.4) is 0 Å². The summed E-state index contributed by atoms with van der Waals surface area (Å²) in [5.41, 5.74) is 0.652. The van der Waals surface area contributed by atoms with Crippen LogP contribution in [0.25, 0.3) is 0 Å². The van der Waals surface area contributed by atoms with Crippen molar-refractivity contribution in [1.82, 2.24) is 0 Å². The summed E-state index contributed by atoms with van der Waals surface area (Å²) in [6.07, 6.45) is 2.58. The topological polar surface area (TPSA) is 37.4 Å². The quantitative estimate of drug-likeness (QED) is 0.525. The third kappa shape index (κ3) is 1.64. The van der Waals surface area contributed by atoms with Gasteiger partial charge in [-0.2, -0.15) is 0 Å². The van der Waals surface area contributed by atoms with Crippen LogP contribution in [0.4, 0.5) is 5.69 Å². The molecule has 1 aliphatic rings. The predicted molar refractivity (Wildman–Crippen MR) is 47.7 cm³/mol. The molecule has 0 bridgehead atoms. The summed E-state index contributed by atoms with van der Waals surface area (Å²) in [5.74, 6) is -0.526. The second-order valence-electron chi connectivity index (χ2n) is 3.01. The zero-order chi connectivity index (χ0) is 10.1. The minimum atomic E-state index is -0.263. The molecule has 2 rings (SSSR count). The average molecular weight is 373 g/mol. The molecule has 64 valence electrons. The van der Waals surface area contributed by atoms with Crippen LogP contribution in [0.2, 0.25) is 0 Å². The molecule has 0 aromatic heterocycles. The Labute approximate surface area is 97.4 Å². The first kappa shape index (κ1) is 9.58. The Morgan fingerprint density at radius 1 is 0.929 bits per heavy atom. The Balaban J connectivity index is 2.36. The average Bonchev–Trinajstić information content (AvgIpc) is 2.49. The molecule has 0 atom stereocenters. The number of amides is 2. The molecule has 0 saturated heterocycles. The Hall–Kier alpha value is -0.965. The number of hydrogen-bond donors (Lipinski definition) is 0. The molecule has 1 aliphatic heterocycles. The second-order valence-corrected chi connectivity index (χ2v) is 6.19. The third-order valence-corrected chi connectivity index (χ3v) is 3.84. The number of carbonyl (C=O) groups excluding carboxylic acids is 2. The van der Waals surface area contributed by atoms with Crippen molar-refractivity contribution < 1.29 is 35.7 Å². The van der Waals surface area contributed by atoms with Gasteiger partial charge in [0.15, 0.2) is 0 Å². The molecule has 0 unspecified atom stereocenters. The van der Waals surface area contributed by atoms with Crippen LogP contribution in [0, 0.1) is 0 Å². The number of nitrogens with zero attached hydrogens (tertiary/aromatic N) is 1. The summed E-state index contributed by atoms with van der Waals surface area (Å²) in [7, 11) is 0. The van der Waals surface area contributed by atoms with E-state index in [0.717, 1.165) is 0 Å². The van der Waals surface area contributed by atoms with Gasteiger partial charge in [-0.05, 0) is 0 Å². The van der Waals surface area contributed by atoms with E-state index in [-0.39, 0.29) is 11.8 Å². The van der Waals surface area contributed by atoms with Gasteiger partial charge in [-0.15, -0.1) is 0 Å². The number of rotatable bonds is 1. The van der Waals surface area contributed by atoms with Crippen LogP contribution in [-0.4, -0.2) is 11.8 Å².